The Bertz CT molecular complexity index is 371. The molecule has 0 N–H and O–H groups in total. The van der Waals surface area contributed by atoms with Gasteiger partial charge in [-0.25, -0.2) is 0 Å². The van der Waals surface area contributed by atoms with Crippen molar-refractivity contribution in [2.45, 2.75) is 6.42 Å². The molecule has 1 heterocycles. The lowest BCUT2D eigenvalue weighted by atomic mass is 9.97. The fourth-order valence-corrected chi connectivity index (χ4v) is 1.81. The number of methoxy groups -OCH3 is 1. The summed E-state index contributed by atoms with van der Waals surface area (Å²) in [5, 5.41) is 0. The van der Waals surface area contributed by atoms with Gasteiger partial charge in [-0.1, -0.05) is 6.58 Å². The molecule has 0 spiro atoms. The zero-order chi connectivity index (χ0) is 10.1. The molecule has 0 fully saturated rings. The van der Waals surface area contributed by atoms with Crippen LogP contribution in [0.2, 0.25) is 0 Å². The molecule has 14 heavy (non-hydrogen) atoms. The molecule has 0 bridgehead atoms. The van der Waals surface area contributed by atoms with E-state index in [0.29, 0.717) is 0 Å². The van der Waals surface area contributed by atoms with Gasteiger partial charge in [0.15, 0.2) is 0 Å². The molecular formula is C12H15NO. The first-order valence-electron chi connectivity index (χ1n) is 4.79. The summed E-state index contributed by atoms with van der Waals surface area (Å²) in [6.45, 7) is 5.12. The third-order valence-electron chi connectivity index (χ3n) is 2.75. The summed E-state index contributed by atoms with van der Waals surface area (Å²) in [7, 11) is 3.80. The van der Waals surface area contributed by atoms with Crippen molar-refractivity contribution < 1.29 is 4.74 Å². The Labute approximate surface area is 84.8 Å². The van der Waals surface area contributed by atoms with Crippen LogP contribution in [0.5, 0.6) is 5.75 Å². The van der Waals surface area contributed by atoms with Crippen LogP contribution in [0.3, 0.4) is 0 Å². The van der Waals surface area contributed by atoms with Gasteiger partial charge < -0.3 is 9.64 Å². The lowest BCUT2D eigenvalue weighted by Gasteiger charge is -2.29. The number of ether oxygens (including phenoxy) is 1. The van der Waals surface area contributed by atoms with Crippen LogP contribution in [0.25, 0.3) is 5.57 Å². The highest BCUT2D eigenvalue weighted by Crippen LogP contribution is 2.35. The van der Waals surface area contributed by atoms with Gasteiger partial charge in [-0.3, -0.25) is 0 Å². The summed E-state index contributed by atoms with van der Waals surface area (Å²) < 4.78 is 5.21. The molecule has 0 atom stereocenters. The van der Waals surface area contributed by atoms with Gasteiger partial charge in [0.1, 0.15) is 5.75 Å². The van der Waals surface area contributed by atoms with Gasteiger partial charge in [0.2, 0.25) is 0 Å². The minimum absolute atomic E-state index is 0.908. The fraction of sp³-hybridized carbons (Fsp3) is 0.333. The maximum Gasteiger partial charge on any atom is 0.120 e. The molecule has 0 radical (unpaired) electrons. The molecule has 2 heteroatoms. The van der Waals surface area contributed by atoms with E-state index >= 15 is 0 Å². The minimum Gasteiger partial charge on any atom is -0.497 e. The monoisotopic (exact) mass is 189 g/mol. The molecule has 0 unspecified atom stereocenters. The maximum absolute atomic E-state index is 5.21. The predicted molar refractivity (Wildman–Crippen MR) is 59.9 cm³/mol. The van der Waals surface area contributed by atoms with Crippen molar-refractivity contribution >= 4 is 11.3 Å². The molecule has 1 aromatic rings. The molecule has 2 nitrogen and oxygen atoms in total. The largest absolute Gasteiger partial charge is 0.497 e. The summed E-state index contributed by atoms with van der Waals surface area (Å²) in [6, 6.07) is 6.15. The highest BCUT2D eigenvalue weighted by molar-refractivity contribution is 5.79. The topological polar surface area (TPSA) is 12.5 Å². The van der Waals surface area contributed by atoms with Crippen molar-refractivity contribution in [2.75, 3.05) is 25.6 Å². The Kier molecular flexibility index (Phi) is 2.20. The molecule has 2 rings (SSSR count). The number of hydrogen-bond donors (Lipinski definition) is 0. The highest BCUT2D eigenvalue weighted by atomic mass is 16.5. The summed E-state index contributed by atoms with van der Waals surface area (Å²) >= 11 is 0. The molecule has 0 saturated heterocycles. The molecule has 74 valence electrons. The Hall–Kier alpha value is -1.44. The number of hydrogen-bond acceptors (Lipinski definition) is 2. The van der Waals surface area contributed by atoms with Gasteiger partial charge in [0.25, 0.3) is 0 Å². The van der Waals surface area contributed by atoms with Gasteiger partial charge in [-0.05, 0) is 24.1 Å². The summed E-state index contributed by atoms with van der Waals surface area (Å²) in [4.78, 5) is 2.24. The van der Waals surface area contributed by atoms with Crippen molar-refractivity contribution in [3.63, 3.8) is 0 Å². The first-order valence-corrected chi connectivity index (χ1v) is 4.79. The molecule has 1 aliphatic rings. The van der Waals surface area contributed by atoms with Crippen LogP contribution in [-0.2, 0) is 0 Å². The zero-order valence-electron chi connectivity index (χ0n) is 8.71. The van der Waals surface area contributed by atoms with E-state index in [9.17, 15) is 0 Å². The molecule has 1 aliphatic heterocycles. The van der Waals surface area contributed by atoms with Crippen LogP contribution < -0.4 is 9.64 Å². The lowest BCUT2D eigenvalue weighted by Crippen LogP contribution is -2.23. The standard InChI is InChI=1S/C12H15NO/c1-9-6-7-13(2)12-8-10(14-3)4-5-11(9)12/h4-5,8H,1,6-7H2,2-3H3. The lowest BCUT2D eigenvalue weighted by molar-refractivity contribution is 0.414. The first kappa shape index (κ1) is 9.13. The molecule has 1 aromatic carbocycles. The molecule has 0 amide bonds. The second-order valence-electron chi connectivity index (χ2n) is 3.66. The molecule has 0 aliphatic carbocycles. The SMILES string of the molecule is C=C1CCN(C)c2cc(OC)ccc21. The van der Waals surface area contributed by atoms with Crippen molar-refractivity contribution in [2.24, 2.45) is 0 Å². The Morgan fingerprint density at radius 1 is 1.43 bits per heavy atom. The van der Waals surface area contributed by atoms with Crippen molar-refractivity contribution in [1.82, 2.24) is 0 Å². The first-order chi connectivity index (χ1) is 6.72. The highest BCUT2D eigenvalue weighted by Gasteiger charge is 2.16. The Balaban J connectivity index is 2.50. The van der Waals surface area contributed by atoms with E-state index in [2.05, 4.69) is 30.7 Å². The van der Waals surface area contributed by atoms with Gasteiger partial charge >= 0.3 is 0 Å². The summed E-state index contributed by atoms with van der Waals surface area (Å²) in [6.07, 6.45) is 1.05. The number of nitrogens with zero attached hydrogens (tertiary/aromatic N) is 1. The van der Waals surface area contributed by atoms with E-state index in [4.69, 9.17) is 4.74 Å². The third-order valence-corrected chi connectivity index (χ3v) is 2.75. The average Bonchev–Trinajstić information content (AvgIpc) is 2.23. The predicted octanol–water partition coefficient (Wildman–Crippen LogP) is 2.55. The van der Waals surface area contributed by atoms with E-state index < -0.39 is 0 Å². The van der Waals surface area contributed by atoms with Crippen LogP contribution in [0.15, 0.2) is 24.8 Å². The number of benzene rings is 1. The van der Waals surface area contributed by atoms with Crippen LogP contribution in [0, 0.1) is 0 Å². The fourth-order valence-electron chi connectivity index (χ4n) is 1.81. The Morgan fingerprint density at radius 2 is 2.21 bits per heavy atom. The van der Waals surface area contributed by atoms with Crippen molar-refractivity contribution in [3.8, 4) is 5.75 Å². The zero-order valence-corrected chi connectivity index (χ0v) is 8.71. The number of rotatable bonds is 1. The smallest absolute Gasteiger partial charge is 0.120 e. The maximum atomic E-state index is 5.21. The van der Waals surface area contributed by atoms with E-state index in [0.717, 1.165) is 18.7 Å². The quantitative estimate of drug-likeness (QED) is 0.673. The Morgan fingerprint density at radius 3 is 2.93 bits per heavy atom. The van der Waals surface area contributed by atoms with Crippen molar-refractivity contribution in [3.05, 3.63) is 30.3 Å². The van der Waals surface area contributed by atoms with Crippen LogP contribution in [0.1, 0.15) is 12.0 Å². The van der Waals surface area contributed by atoms with Crippen LogP contribution >= 0.6 is 0 Å². The number of fused-ring (bicyclic) bond motifs is 1. The third kappa shape index (κ3) is 1.37. The van der Waals surface area contributed by atoms with Gasteiger partial charge in [-0.15, -0.1) is 0 Å². The molecule has 0 saturated carbocycles. The molecular weight excluding hydrogens is 174 g/mol. The van der Waals surface area contributed by atoms with Gasteiger partial charge in [0.05, 0.1) is 7.11 Å². The van der Waals surface area contributed by atoms with Crippen LogP contribution in [-0.4, -0.2) is 20.7 Å². The van der Waals surface area contributed by atoms with E-state index in [1.165, 1.54) is 16.8 Å². The van der Waals surface area contributed by atoms with Gasteiger partial charge in [0, 0.05) is 30.9 Å². The van der Waals surface area contributed by atoms with E-state index in [1.54, 1.807) is 7.11 Å². The molecule has 0 aromatic heterocycles. The average molecular weight is 189 g/mol. The van der Waals surface area contributed by atoms with Gasteiger partial charge in [-0.2, -0.15) is 0 Å². The normalized spacial score (nSPS) is 15.3. The minimum atomic E-state index is 0.908. The second kappa shape index (κ2) is 3.37. The van der Waals surface area contributed by atoms with Crippen molar-refractivity contribution in [1.29, 1.82) is 0 Å². The second-order valence-corrected chi connectivity index (χ2v) is 3.66. The summed E-state index contributed by atoms with van der Waals surface area (Å²) in [5.41, 5.74) is 3.70. The van der Waals surface area contributed by atoms with E-state index in [1.807, 2.05) is 6.07 Å². The summed E-state index contributed by atoms with van der Waals surface area (Å²) in [5.74, 6) is 0.908. The van der Waals surface area contributed by atoms with Crippen LogP contribution in [0.4, 0.5) is 5.69 Å². The van der Waals surface area contributed by atoms with E-state index in [-0.39, 0.29) is 0 Å². The number of anilines is 1.